The van der Waals surface area contributed by atoms with Crippen LogP contribution in [0.1, 0.15) is 17.3 Å². The largest absolute Gasteiger partial charge is 0.462 e. The first-order valence-corrected chi connectivity index (χ1v) is 6.54. The van der Waals surface area contributed by atoms with Crippen molar-refractivity contribution < 1.29 is 9.53 Å². The van der Waals surface area contributed by atoms with Gasteiger partial charge in [-0.3, -0.25) is 0 Å². The van der Waals surface area contributed by atoms with Gasteiger partial charge in [-0.25, -0.2) is 14.8 Å². The van der Waals surface area contributed by atoms with Gasteiger partial charge in [-0.15, -0.1) is 0 Å². The van der Waals surface area contributed by atoms with Crippen molar-refractivity contribution in [2.75, 3.05) is 12.3 Å². The lowest BCUT2D eigenvalue weighted by atomic mass is 10.2. The van der Waals surface area contributed by atoms with Crippen molar-refractivity contribution in [2.24, 2.45) is 0 Å². The maximum Gasteiger partial charge on any atom is 0.339 e. The summed E-state index contributed by atoms with van der Waals surface area (Å²) in [6.45, 7) is 2.08. The van der Waals surface area contributed by atoms with Crippen molar-refractivity contribution in [3.05, 3.63) is 42.2 Å². The molecule has 0 aliphatic carbocycles. The van der Waals surface area contributed by atoms with E-state index in [1.165, 1.54) is 11.8 Å². The summed E-state index contributed by atoms with van der Waals surface area (Å²) in [4.78, 5) is 20.7. The summed E-state index contributed by atoms with van der Waals surface area (Å²) in [5.41, 5.74) is 6.85. The number of nitrogens with two attached hydrogens (primary N) is 1. The molecule has 1 aromatic carbocycles. The normalized spacial score (nSPS) is 10.2. The van der Waals surface area contributed by atoms with E-state index in [1.807, 2.05) is 0 Å². The Kier molecular flexibility index (Phi) is 4.35. The van der Waals surface area contributed by atoms with Crippen LogP contribution in [0.3, 0.4) is 0 Å². The third-order valence-electron chi connectivity index (χ3n) is 2.28. The molecule has 2 aromatic rings. The lowest BCUT2D eigenvalue weighted by molar-refractivity contribution is 0.0522. The van der Waals surface area contributed by atoms with Gasteiger partial charge in [-0.1, -0.05) is 6.07 Å². The van der Waals surface area contributed by atoms with Crippen molar-refractivity contribution in [3.8, 4) is 0 Å². The van der Waals surface area contributed by atoms with Crippen LogP contribution < -0.4 is 5.73 Å². The molecular formula is C13H13N3O2S. The summed E-state index contributed by atoms with van der Waals surface area (Å²) in [5.74, 6) is -0.395. The van der Waals surface area contributed by atoms with E-state index >= 15 is 0 Å². The van der Waals surface area contributed by atoms with Gasteiger partial charge in [0.15, 0.2) is 5.16 Å². The zero-order valence-electron chi connectivity index (χ0n) is 10.4. The molecule has 0 amide bonds. The number of esters is 1. The summed E-state index contributed by atoms with van der Waals surface area (Å²) in [7, 11) is 0. The second-order valence-electron chi connectivity index (χ2n) is 3.58. The molecule has 0 saturated heterocycles. The van der Waals surface area contributed by atoms with Crippen molar-refractivity contribution in [1.82, 2.24) is 9.97 Å². The second-order valence-corrected chi connectivity index (χ2v) is 4.56. The Morgan fingerprint density at radius 1 is 1.32 bits per heavy atom. The molecule has 0 bridgehead atoms. The summed E-state index contributed by atoms with van der Waals surface area (Å²) >= 11 is 1.25. The Morgan fingerprint density at radius 3 is 2.74 bits per heavy atom. The molecular weight excluding hydrogens is 262 g/mol. The van der Waals surface area contributed by atoms with Crippen LogP contribution in [0.25, 0.3) is 0 Å². The maximum absolute atomic E-state index is 11.9. The molecule has 0 aliphatic heterocycles. The minimum Gasteiger partial charge on any atom is -0.462 e. The van der Waals surface area contributed by atoms with Crippen LogP contribution in [0.5, 0.6) is 0 Å². The Hall–Kier alpha value is -2.08. The van der Waals surface area contributed by atoms with Crippen LogP contribution in [0.15, 0.2) is 46.7 Å². The molecule has 0 spiro atoms. The van der Waals surface area contributed by atoms with Gasteiger partial charge in [0.05, 0.1) is 17.1 Å². The number of ether oxygens (including phenoxy) is 1. The van der Waals surface area contributed by atoms with Gasteiger partial charge >= 0.3 is 5.97 Å². The quantitative estimate of drug-likeness (QED) is 0.524. The summed E-state index contributed by atoms with van der Waals surface area (Å²) in [6.07, 6.45) is 3.27. The molecule has 5 nitrogen and oxygen atoms in total. The number of rotatable bonds is 4. The topological polar surface area (TPSA) is 78.1 Å². The SMILES string of the molecule is CCOC(=O)c1cccc(N)c1Sc1ncccn1. The van der Waals surface area contributed by atoms with Crippen molar-refractivity contribution >= 4 is 23.4 Å². The minimum absolute atomic E-state index is 0.319. The van der Waals surface area contributed by atoms with Crippen LogP contribution in [-0.4, -0.2) is 22.5 Å². The number of carbonyl (C=O) groups excluding carboxylic acids is 1. The highest BCUT2D eigenvalue weighted by molar-refractivity contribution is 7.99. The van der Waals surface area contributed by atoms with E-state index in [4.69, 9.17) is 10.5 Å². The zero-order chi connectivity index (χ0) is 13.7. The van der Waals surface area contributed by atoms with Crippen LogP contribution in [0.2, 0.25) is 0 Å². The van der Waals surface area contributed by atoms with Gasteiger partial charge in [-0.05, 0) is 36.9 Å². The van der Waals surface area contributed by atoms with Crippen molar-refractivity contribution in [3.63, 3.8) is 0 Å². The Bertz CT molecular complexity index is 575. The Labute approximate surface area is 115 Å². The van der Waals surface area contributed by atoms with Crippen molar-refractivity contribution in [2.45, 2.75) is 17.0 Å². The third kappa shape index (κ3) is 3.23. The van der Waals surface area contributed by atoms with Crippen molar-refractivity contribution in [1.29, 1.82) is 0 Å². The van der Waals surface area contributed by atoms with Gasteiger partial charge < -0.3 is 10.5 Å². The highest BCUT2D eigenvalue weighted by Gasteiger charge is 2.16. The van der Waals surface area contributed by atoms with Crippen LogP contribution in [-0.2, 0) is 4.74 Å². The number of hydrogen-bond acceptors (Lipinski definition) is 6. The average Bonchev–Trinajstić information content (AvgIpc) is 2.42. The number of carbonyl (C=O) groups is 1. The van der Waals surface area contributed by atoms with Gasteiger partial charge in [0.2, 0.25) is 0 Å². The molecule has 0 unspecified atom stereocenters. The Balaban J connectivity index is 2.36. The molecule has 0 aliphatic rings. The standard InChI is InChI=1S/C13H13N3O2S/c1-2-18-12(17)9-5-3-6-10(14)11(9)19-13-15-7-4-8-16-13/h3-8H,2,14H2,1H3. The van der Waals surface area contributed by atoms with E-state index in [9.17, 15) is 4.79 Å². The maximum atomic E-state index is 11.9. The number of nitrogen functional groups attached to an aromatic ring is 1. The van der Waals surface area contributed by atoms with E-state index in [-0.39, 0.29) is 0 Å². The zero-order valence-corrected chi connectivity index (χ0v) is 11.2. The second kappa shape index (κ2) is 6.19. The first-order chi connectivity index (χ1) is 9.22. The predicted octanol–water partition coefficient (Wildman–Crippen LogP) is 2.39. The van der Waals surface area contributed by atoms with Crippen LogP contribution >= 0.6 is 11.8 Å². The number of nitrogens with zero attached hydrogens (tertiary/aromatic N) is 2. The molecule has 0 atom stereocenters. The molecule has 0 saturated carbocycles. The molecule has 2 rings (SSSR count). The summed E-state index contributed by atoms with van der Waals surface area (Å²) in [6, 6.07) is 6.86. The highest BCUT2D eigenvalue weighted by atomic mass is 32.2. The molecule has 0 radical (unpaired) electrons. The minimum atomic E-state index is -0.395. The molecule has 98 valence electrons. The summed E-state index contributed by atoms with van der Waals surface area (Å²) < 4.78 is 5.01. The van der Waals surface area contributed by atoms with E-state index in [0.717, 1.165) is 0 Å². The van der Waals surface area contributed by atoms with E-state index < -0.39 is 5.97 Å². The van der Waals surface area contributed by atoms with E-state index in [1.54, 1.807) is 43.6 Å². The third-order valence-corrected chi connectivity index (χ3v) is 3.33. The van der Waals surface area contributed by atoms with Crippen LogP contribution in [0.4, 0.5) is 5.69 Å². The molecule has 1 aromatic heterocycles. The first-order valence-electron chi connectivity index (χ1n) is 5.73. The number of benzene rings is 1. The monoisotopic (exact) mass is 275 g/mol. The molecule has 6 heteroatoms. The molecule has 0 fully saturated rings. The molecule has 2 N–H and O–H groups in total. The predicted molar refractivity (Wildman–Crippen MR) is 73.0 cm³/mol. The van der Waals surface area contributed by atoms with E-state index in [0.29, 0.717) is 27.9 Å². The molecule has 1 heterocycles. The van der Waals surface area contributed by atoms with Crippen LogP contribution in [0, 0.1) is 0 Å². The van der Waals surface area contributed by atoms with Gasteiger partial charge in [-0.2, -0.15) is 0 Å². The first kappa shape index (κ1) is 13.4. The smallest absolute Gasteiger partial charge is 0.339 e. The molecule has 19 heavy (non-hydrogen) atoms. The fraction of sp³-hybridized carbons (Fsp3) is 0.154. The van der Waals surface area contributed by atoms with Gasteiger partial charge in [0, 0.05) is 18.1 Å². The lowest BCUT2D eigenvalue weighted by Crippen LogP contribution is -2.07. The summed E-state index contributed by atoms with van der Waals surface area (Å²) in [5, 5.41) is 0.533. The number of anilines is 1. The van der Waals surface area contributed by atoms with E-state index in [2.05, 4.69) is 9.97 Å². The fourth-order valence-electron chi connectivity index (χ4n) is 1.47. The average molecular weight is 275 g/mol. The Morgan fingerprint density at radius 2 is 2.05 bits per heavy atom. The number of hydrogen-bond donors (Lipinski definition) is 1. The van der Waals surface area contributed by atoms with Gasteiger partial charge in [0.25, 0.3) is 0 Å². The highest BCUT2D eigenvalue weighted by Crippen LogP contribution is 2.33. The lowest BCUT2D eigenvalue weighted by Gasteiger charge is -2.10. The fourth-order valence-corrected chi connectivity index (χ4v) is 2.32. The number of aromatic nitrogens is 2. The van der Waals surface area contributed by atoms with Gasteiger partial charge in [0.1, 0.15) is 0 Å².